The normalized spacial score (nSPS) is 11.6. The number of hydrogen-bond donors (Lipinski definition) is 3. The summed E-state index contributed by atoms with van der Waals surface area (Å²) in [5, 5.41) is 2.50. The molecule has 5 nitrogen and oxygen atoms in total. The summed E-state index contributed by atoms with van der Waals surface area (Å²) in [4.78, 5) is 21.9. The van der Waals surface area contributed by atoms with E-state index in [1.165, 1.54) is 0 Å². The zero-order chi connectivity index (χ0) is 12.0. The number of carbonyl (C=O) groups excluding carboxylic acids is 2. The second-order valence-electron chi connectivity index (χ2n) is 3.50. The van der Waals surface area contributed by atoms with Gasteiger partial charge >= 0.3 is 11.8 Å². The molecule has 1 aromatic carbocycles. The van der Waals surface area contributed by atoms with Gasteiger partial charge < -0.3 is 5.32 Å². The summed E-state index contributed by atoms with van der Waals surface area (Å²) >= 11 is 0. The molecular formula is C11H15N3O2. The van der Waals surface area contributed by atoms with Crippen LogP contribution in [0.1, 0.15) is 18.4 Å². The lowest BCUT2D eigenvalue weighted by molar-refractivity contribution is -0.139. The molecule has 0 saturated carbocycles. The maximum absolute atomic E-state index is 11.1. The molecule has 1 aromatic rings. The Balaban J connectivity index is 2.45. The second-order valence-corrected chi connectivity index (χ2v) is 3.50. The highest BCUT2D eigenvalue weighted by Gasteiger charge is 2.12. The van der Waals surface area contributed by atoms with Crippen molar-refractivity contribution < 1.29 is 9.59 Å². The van der Waals surface area contributed by atoms with E-state index in [9.17, 15) is 9.59 Å². The zero-order valence-corrected chi connectivity index (χ0v) is 9.07. The van der Waals surface area contributed by atoms with Crippen molar-refractivity contribution in [2.24, 2.45) is 5.84 Å². The van der Waals surface area contributed by atoms with Gasteiger partial charge in [-0.2, -0.15) is 0 Å². The monoisotopic (exact) mass is 221 g/mol. The molecule has 0 heterocycles. The standard InChI is InChI=1S/C11H15N3O2/c1-8(9-5-3-2-4-6-9)7-13-10(15)11(16)14-12/h2-6,8H,7,12H2,1H3,(H,13,15)(H,14,16). The van der Waals surface area contributed by atoms with Gasteiger partial charge in [0, 0.05) is 6.54 Å². The number of hydrogen-bond acceptors (Lipinski definition) is 3. The largest absolute Gasteiger partial charge is 0.347 e. The van der Waals surface area contributed by atoms with Crippen molar-refractivity contribution in [3.63, 3.8) is 0 Å². The van der Waals surface area contributed by atoms with Crippen LogP contribution in [0.5, 0.6) is 0 Å². The summed E-state index contributed by atoms with van der Waals surface area (Å²) in [6, 6.07) is 9.73. The third-order valence-electron chi connectivity index (χ3n) is 2.27. The maximum Gasteiger partial charge on any atom is 0.323 e. The third kappa shape index (κ3) is 3.36. The molecule has 16 heavy (non-hydrogen) atoms. The van der Waals surface area contributed by atoms with Crippen molar-refractivity contribution >= 4 is 11.8 Å². The zero-order valence-electron chi connectivity index (χ0n) is 9.07. The molecule has 5 heteroatoms. The molecule has 0 aliphatic rings. The summed E-state index contributed by atoms with van der Waals surface area (Å²) < 4.78 is 0. The number of amides is 2. The molecule has 0 aliphatic heterocycles. The van der Waals surface area contributed by atoms with Gasteiger partial charge in [-0.05, 0) is 11.5 Å². The number of benzene rings is 1. The lowest BCUT2D eigenvalue weighted by Gasteiger charge is -2.12. The molecule has 0 fully saturated rings. The number of nitrogens with one attached hydrogen (secondary N) is 2. The van der Waals surface area contributed by atoms with E-state index in [1.54, 1.807) is 5.43 Å². The molecule has 1 rings (SSSR count). The van der Waals surface area contributed by atoms with Crippen LogP contribution >= 0.6 is 0 Å². The van der Waals surface area contributed by atoms with Gasteiger partial charge in [0.15, 0.2) is 0 Å². The molecule has 0 radical (unpaired) electrons. The molecular weight excluding hydrogens is 206 g/mol. The van der Waals surface area contributed by atoms with Crippen molar-refractivity contribution in [3.8, 4) is 0 Å². The first-order valence-corrected chi connectivity index (χ1v) is 4.99. The topological polar surface area (TPSA) is 84.2 Å². The number of rotatable bonds is 3. The molecule has 1 atom stereocenters. The van der Waals surface area contributed by atoms with Gasteiger partial charge in [-0.15, -0.1) is 0 Å². The van der Waals surface area contributed by atoms with Gasteiger partial charge in [-0.3, -0.25) is 15.0 Å². The Bertz CT molecular complexity index is 365. The average Bonchev–Trinajstić information content (AvgIpc) is 2.35. The van der Waals surface area contributed by atoms with E-state index in [0.717, 1.165) is 5.56 Å². The summed E-state index contributed by atoms with van der Waals surface area (Å²) in [7, 11) is 0. The molecule has 0 aromatic heterocycles. The van der Waals surface area contributed by atoms with E-state index in [1.807, 2.05) is 37.3 Å². The predicted molar refractivity (Wildman–Crippen MR) is 60.2 cm³/mol. The van der Waals surface area contributed by atoms with Gasteiger partial charge in [0.05, 0.1) is 0 Å². The van der Waals surface area contributed by atoms with Crippen LogP contribution in [0.2, 0.25) is 0 Å². The van der Waals surface area contributed by atoms with E-state index < -0.39 is 11.8 Å². The number of hydrazine groups is 1. The summed E-state index contributed by atoms with van der Waals surface area (Å²) in [6.45, 7) is 2.37. The molecule has 0 spiro atoms. The number of nitrogens with two attached hydrogens (primary N) is 1. The fraction of sp³-hybridized carbons (Fsp3) is 0.273. The number of carbonyl (C=O) groups is 2. The summed E-state index contributed by atoms with van der Waals surface area (Å²) in [5.74, 6) is 3.43. The van der Waals surface area contributed by atoms with E-state index in [-0.39, 0.29) is 5.92 Å². The highest BCUT2D eigenvalue weighted by atomic mass is 16.2. The van der Waals surface area contributed by atoms with E-state index in [4.69, 9.17) is 5.84 Å². The van der Waals surface area contributed by atoms with Crippen LogP contribution in [0.25, 0.3) is 0 Å². The van der Waals surface area contributed by atoms with Crippen molar-refractivity contribution in [1.82, 2.24) is 10.7 Å². The average molecular weight is 221 g/mol. The Morgan fingerprint density at radius 3 is 2.44 bits per heavy atom. The molecule has 0 aliphatic carbocycles. The molecule has 2 amide bonds. The van der Waals surface area contributed by atoms with Crippen LogP contribution in [0.15, 0.2) is 30.3 Å². The van der Waals surface area contributed by atoms with Gasteiger partial charge in [-0.1, -0.05) is 37.3 Å². The summed E-state index contributed by atoms with van der Waals surface area (Å²) in [6.07, 6.45) is 0. The SMILES string of the molecule is CC(CNC(=O)C(=O)NN)c1ccccc1. The van der Waals surface area contributed by atoms with Gasteiger partial charge in [0.2, 0.25) is 0 Å². The Labute approximate surface area is 94.0 Å². The molecule has 1 unspecified atom stereocenters. The van der Waals surface area contributed by atoms with Crippen LogP contribution in [-0.2, 0) is 9.59 Å². The first kappa shape index (κ1) is 12.2. The minimum absolute atomic E-state index is 0.149. The van der Waals surface area contributed by atoms with Crippen LogP contribution in [-0.4, -0.2) is 18.4 Å². The van der Waals surface area contributed by atoms with E-state index in [2.05, 4.69) is 5.32 Å². The fourth-order valence-corrected chi connectivity index (χ4v) is 1.29. The van der Waals surface area contributed by atoms with Crippen LogP contribution < -0.4 is 16.6 Å². The molecule has 86 valence electrons. The Hall–Kier alpha value is -1.88. The molecule has 4 N–H and O–H groups in total. The van der Waals surface area contributed by atoms with Crippen molar-refractivity contribution in [1.29, 1.82) is 0 Å². The lowest BCUT2D eigenvalue weighted by Crippen LogP contribution is -2.44. The highest BCUT2D eigenvalue weighted by molar-refractivity contribution is 6.34. The quantitative estimate of drug-likeness (QED) is 0.288. The predicted octanol–water partition coefficient (Wildman–Crippen LogP) is -0.104. The van der Waals surface area contributed by atoms with E-state index >= 15 is 0 Å². The smallest absolute Gasteiger partial charge is 0.323 e. The van der Waals surface area contributed by atoms with Crippen molar-refractivity contribution in [3.05, 3.63) is 35.9 Å². The molecule has 0 bridgehead atoms. The molecule has 0 saturated heterocycles. The van der Waals surface area contributed by atoms with Crippen LogP contribution in [0.3, 0.4) is 0 Å². The lowest BCUT2D eigenvalue weighted by atomic mass is 10.0. The van der Waals surface area contributed by atoms with Crippen molar-refractivity contribution in [2.45, 2.75) is 12.8 Å². The van der Waals surface area contributed by atoms with Crippen molar-refractivity contribution in [2.75, 3.05) is 6.54 Å². The third-order valence-corrected chi connectivity index (χ3v) is 2.27. The first-order chi connectivity index (χ1) is 7.65. The minimum Gasteiger partial charge on any atom is -0.347 e. The van der Waals surface area contributed by atoms with Gasteiger partial charge in [-0.25, -0.2) is 5.84 Å². The Morgan fingerprint density at radius 1 is 1.25 bits per heavy atom. The Kier molecular flexibility index (Phi) is 4.47. The van der Waals surface area contributed by atoms with E-state index in [0.29, 0.717) is 6.54 Å². The maximum atomic E-state index is 11.1. The van der Waals surface area contributed by atoms with Gasteiger partial charge in [0.1, 0.15) is 0 Å². The van der Waals surface area contributed by atoms with Crippen LogP contribution in [0.4, 0.5) is 0 Å². The second kappa shape index (κ2) is 5.87. The van der Waals surface area contributed by atoms with Crippen LogP contribution in [0, 0.1) is 0 Å². The first-order valence-electron chi connectivity index (χ1n) is 4.99. The minimum atomic E-state index is -0.833. The summed E-state index contributed by atoms with van der Waals surface area (Å²) in [5.41, 5.74) is 2.88. The Morgan fingerprint density at radius 2 is 1.88 bits per heavy atom. The van der Waals surface area contributed by atoms with Gasteiger partial charge in [0.25, 0.3) is 0 Å². The fourth-order valence-electron chi connectivity index (χ4n) is 1.29. The highest BCUT2D eigenvalue weighted by Crippen LogP contribution is 2.12.